The smallest absolute Gasteiger partial charge is 0.258 e. The van der Waals surface area contributed by atoms with E-state index in [1.807, 2.05) is 6.07 Å². The third-order valence-corrected chi connectivity index (χ3v) is 4.53. The molecule has 1 saturated carbocycles. The first-order chi connectivity index (χ1) is 9.56. The Labute approximate surface area is 119 Å². The van der Waals surface area contributed by atoms with Crippen molar-refractivity contribution < 1.29 is 4.92 Å². The molecule has 1 aromatic carbocycles. The van der Waals surface area contributed by atoms with Crippen molar-refractivity contribution in [2.45, 2.75) is 45.4 Å². The lowest BCUT2D eigenvalue weighted by molar-refractivity contribution is -0.385. The minimum Gasteiger partial charge on any atom is -0.258 e. The van der Waals surface area contributed by atoms with Crippen LogP contribution in [-0.2, 0) is 6.42 Å². The maximum Gasteiger partial charge on any atom is 0.272 e. The van der Waals surface area contributed by atoms with Crippen LogP contribution >= 0.6 is 0 Å². The highest BCUT2D eigenvalue weighted by Crippen LogP contribution is 2.42. The van der Waals surface area contributed by atoms with Crippen LogP contribution < -0.4 is 0 Å². The Hall–Kier alpha value is -1.89. The highest BCUT2D eigenvalue weighted by Gasteiger charge is 2.34. The van der Waals surface area contributed by atoms with Crippen LogP contribution in [0.15, 0.2) is 24.3 Å². The van der Waals surface area contributed by atoms with Gasteiger partial charge in [0, 0.05) is 11.6 Å². The minimum atomic E-state index is -0.336. The van der Waals surface area contributed by atoms with Gasteiger partial charge in [-0.2, -0.15) is 5.26 Å². The predicted octanol–water partition coefficient (Wildman–Crippen LogP) is 4.25. The molecule has 0 atom stereocenters. The summed E-state index contributed by atoms with van der Waals surface area (Å²) in [5.41, 5.74) is 0.631. The van der Waals surface area contributed by atoms with Gasteiger partial charge in [-0.3, -0.25) is 10.1 Å². The predicted molar refractivity (Wildman–Crippen MR) is 77.1 cm³/mol. The van der Waals surface area contributed by atoms with Crippen LogP contribution in [-0.4, -0.2) is 4.92 Å². The molecule has 4 nitrogen and oxygen atoms in total. The molecule has 1 aliphatic carbocycles. The summed E-state index contributed by atoms with van der Waals surface area (Å²) in [6.45, 7) is 2.23. The second-order valence-corrected chi connectivity index (χ2v) is 5.96. The molecule has 0 unspecified atom stereocenters. The van der Waals surface area contributed by atoms with Gasteiger partial charge in [0.15, 0.2) is 0 Å². The van der Waals surface area contributed by atoms with Crippen LogP contribution in [0.25, 0.3) is 0 Å². The Kier molecular flexibility index (Phi) is 4.39. The summed E-state index contributed by atoms with van der Waals surface area (Å²) in [4.78, 5) is 10.7. The van der Waals surface area contributed by atoms with Crippen molar-refractivity contribution >= 4 is 5.69 Å². The van der Waals surface area contributed by atoms with Crippen molar-refractivity contribution in [3.63, 3.8) is 0 Å². The van der Waals surface area contributed by atoms with Gasteiger partial charge in [-0.1, -0.05) is 25.1 Å². The molecule has 1 fully saturated rings. The molecule has 1 aliphatic rings. The molecule has 0 radical (unpaired) electrons. The van der Waals surface area contributed by atoms with E-state index >= 15 is 0 Å². The number of hydrogen-bond acceptors (Lipinski definition) is 3. The zero-order valence-corrected chi connectivity index (χ0v) is 11.8. The number of nitrogens with zero attached hydrogens (tertiary/aromatic N) is 2. The molecule has 0 spiro atoms. The van der Waals surface area contributed by atoms with Gasteiger partial charge in [-0.25, -0.2) is 0 Å². The standard InChI is InChI=1S/C16H20N2O2/c1-13-6-9-16(12-17,10-7-13)11-8-14-4-2-3-5-15(14)18(19)20/h2-5,13H,6-11H2,1H3. The van der Waals surface area contributed by atoms with Gasteiger partial charge < -0.3 is 0 Å². The van der Waals surface area contributed by atoms with Crippen molar-refractivity contribution in [1.29, 1.82) is 5.26 Å². The van der Waals surface area contributed by atoms with Crippen molar-refractivity contribution in [3.8, 4) is 6.07 Å². The Morgan fingerprint density at radius 3 is 2.65 bits per heavy atom. The molecule has 0 aromatic heterocycles. The molecular weight excluding hydrogens is 252 g/mol. The number of benzene rings is 1. The van der Waals surface area contributed by atoms with Crippen molar-refractivity contribution in [2.75, 3.05) is 0 Å². The zero-order valence-electron chi connectivity index (χ0n) is 11.8. The summed E-state index contributed by atoms with van der Waals surface area (Å²) in [5.74, 6) is 0.697. The highest BCUT2D eigenvalue weighted by atomic mass is 16.6. The topological polar surface area (TPSA) is 66.9 Å². The molecule has 0 heterocycles. The fourth-order valence-electron chi connectivity index (χ4n) is 3.01. The van der Waals surface area contributed by atoms with E-state index in [0.29, 0.717) is 12.3 Å². The third-order valence-electron chi connectivity index (χ3n) is 4.53. The van der Waals surface area contributed by atoms with Crippen molar-refractivity contribution in [2.24, 2.45) is 11.3 Å². The third kappa shape index (κ3) is 3.16. The number of rotatable bonds is 4. The number of para-hydroxylation sites is 1. The van der Waals surface area contributed by atoms with E-state index < -0.39 is 0 Å². The fraction of sp³-hybridized carbons (Fsp3) is 0.562. The number of nitro groups is 1. The van der Waals surface area contributed by atoms with Gasteiger partial charge in [-0.15, -0.1) is 0 Å². The molecule has 0 aliphatic heterocycles. The summed E-state index contributed by atoms with van der Waals surface area (Å²) in [6, 6.07) is 9.33. The first-order valence-electron chi connectivity index (χ1n) is 7.20. The van der Waals surface area contributed by atoms with E-state index in [9.17, 15) is 15.4 Å². The van der Waals surface area contributed by atoms with Gasteiger partial charge in [0.1, 0.15) is 0 Å². The normalized spacial score (nSPS) is 25.9. The minimum absolute atomic E-state index is 0.171. The van der Waals surface area contributed by atoms with E-state index in [-0.39, 0.29) is 16.0 Å². The lowest BCUT2D eigenvalue weighted by atomic mass is 9.69. The number of aryl methyl sites for hydroxylation is 1. The summed E-state index contributed by atoms with van der Waals surface area (Å²) < 4.78 is 0. The Balaban J connectivity index is 2.08. The fourth-order valence-corrected chi connectivity index (χ4v) is 3.01. The number of nitriles is 1. The molecular formula is C16H20N2O2. The molecule has 20 heavy (non-hydrogen) atoms. The first kappa shape index (κ1) is 14.5. The maximum absolute atomic E-state index is 11.0. The van der Waals surface area contributed by atoms with E-state index in [1.165, 1.54) is 6.07 Å². The second-order valence-electron chi connectivity index (χ2n) is 5.96. The van der Waals surface area contributed by atoms with E-state index in [2.05, 4.69) is 13.0 Å². The van der Waals surface area contributed by atoms with Crippen LogP contribution in [0.1, 0.15) is 44.6 Å². The lowest BCUT2D eigenvalue weighted by Gasteiger charge is -2.33. The Morgan fingerprint density at radius 2 is 2.05 bits per heavy atom. The molecule has 0 saturated heterocycles. The lowest BCUT2D eigenvalue weighted by Crippen LogP contribution is -2.26. The quantitative estimate of drug-likeness (QED) is 0.608. The van der Waals surface area contributed by atoms with Gasteiger partial charge in [0.2, 0.25) is 0 Å². The van der Waals surface area contributed by atoms with Crippen LogP contribution in [0.3, 0.4) is 0 Å². The SMILES string of the molecule is CC1CCC(C#N)(CCc2ccccc2[N+](=O)[O-])CC1. The zero-order chi connectivity index (χ0) is 14.6. The Bertz CT molecular complexity index is 526. The van der Waals surface area contributed by atoms with Gasteiger partial charge in [0.25, 0.3) is 5.69 Å². The molecule has 106 valence electrons. The highest BCUT2D eigenvalue weighted by molar-refractivity contribution is 5.40. The average Bonchev–Trinajstić information content (AvgIpc) is 2.47. The maximum atomic E-state index is 11.0. The Morgan fingerprint density at radius 1 is 1.40 bits per heavy atom. The second kappa shape index (κ2) is 6.04. The average molecular weight is 272 g/mol. The molecule has 0 N–H and O–H groups in total. The van der Waals surface area contributed by atoms with Crippen LogP contribution in [0.5, 0.6) is 0 Å². The molecule has 2 rings (SSSR count). The van der Waals surface area contributed by atoms with E-state index in [0.717, 1.165) is 37.7 Å². The molecule has 0 amide bonds. The number of hydrogen-bond donors (Lipinski definition) is 0. The largest absolute Gasteiger partial charge is 0.272 e. The molecule has 0 bridgehead atoms. The van der Waals surface area contributed by atoms with Crippen LogP contribution in [0, 0.1) is 32.8 Å². The molecule has 1 aromatic rings. The summed E-state index contributed by atoms with van der Waals surface area (Å²) in [7, 11) is 0. The summed E-state index contributed by atoms with van der Waals surface area (Å²) >= 11 is 0. The van der Waals surface area contributed by atoms with E-state index in [1.54, 1.807) is 12.1 Å². The first-order valence-corrected chi connectivity index (χ1v) is 7.20. The summed E-state index contributed by atoms with van der Waals surface area (Å²) in [5, 5.41) is 20.5. The van der Waals surface area contributed by atoms with Gasteiger partial charge >= 0.3 is 0 Å². The van der Waals surface area contributed by atoms with Crippen molar-refractivity contribution in [3.05, 3.63) is 39.9 Å². The molecule has 4 heteroatoms. The number of nitro benzene ring substituents is 1. The van der Waals surface area contributed by atoms with Gasteiger partial charge in [0.05, 0.1) is 16.4 Å². The van der Waals surface area contributed by atoms with Crippen LogP contribution in [0.2, 0.25) is 0 Å². The summed E-state index contributed by atoms with van der Waals surface area (Å²) in [6.07, 6.45) is 5.35. The van der Waals surface area contributed by atoms with Crippen LogP contribution in [0.4, 0.5) is 5.69 Å². The van der Waals surface area contributed by atoms with Gasteiger partial charge in [-0.05, 0) is 44.4 Å². The van der Waals surface area contributed by atoms with Crippen molar-refractivity contribution in [1.82, 2.24) is 0 Å². The monoisotopic (exact) mass is 272 g/mol. The van der Waals surface area contributed by atoms with E-state index in [4.69, 9.17) is 0 Å².